The van der Waals surface area contributed by atoms with Crippen LogP contribution in [0.1, 0.15) is 45.1 Å². The summed E-state index contributed by atoms with van der Waals surface area (Å²) in [5.74, 6) is -1.04. The molecule has 0 aliphatic carbocycles. The third-order valence-corrected chi connectivity index (χ3v) is 2.93. The van der Waals surface area contributed by atoms with E-state index in [1.165, 1.54) is 7.11 Å². The van der Waals surface area contributed by atoms with Crippen LogP contribution in [0.25, 0.3) is 0 Å². The molecule has 2 unspecified atom stereocenters. The molecule has 0 amide bonds. The number of aryl methyl sites for hydroxylation is 1. The summed E-state index contributed by atoms with van der Waals surface area (Å²) >= 11 is 0. The molecule has 1 rings (SSSR count). The van der Waals surface area contributed by atoms with E-state index in [0.717, 1.165) is 5.69 Å². The highest BCUT2D eigenvalue weighted by Crippen LogP contribution is 2.32. The Morgan fingerprint density at radius 1 is 1.50 bits per heavy atom. The average molecular weight is 254 g/mol. The number of ether oxygens (including phenoxy) is 1. The molecule has 0 aliphatic rings. The number of hydrogen-bond acceptors (Lipinski definition) is 4. The molecule has 0 aliphatic heterocycles. The molecule has 0 aromatic carbocycles. The van der Waals surface area contributed by atoms with Gasteiger partial charge >= 0.3 is 5.97 Å². The second kappa shape index (κ2) is 5.10. The summed E-state index contributed by atoms with van der Waals surface area (Å²) in [6.07, 6.45) is 0.852. The minimum absolute atomic E-state index is 0.187. The summed E-state index contributed by atoms with van der Waals surface area (Å²) in [7, 11) is 3.12. The number of methoxy groups -OCH3 is 1. The van der Waals surface area contributed by atoms with Crippen LogP contribution < -0.4 is 0 Å². The molecule has 0 spiro atoms. The lowest BCUT2D eigenvalue weighted by atomic mass is 9.86. The number of hydrogen-bond donors (Lipinski definition) is 1. The number of rotatable bonds is 3. The van der Waals surface area contributed by atoms with Crippen molar-refractivity contribution in [3.63, 3.8) is 0 Å². The van der Waals surface area contributed by atoms with Gasteiger partial charge < -0.3 is 9.84 Å². The zero-order valence-corrected chi connectivity index (χ0v) is 11.9. The van der Waals surface area contributed by atoms with Gasteiger partial charge in [-0.05, 0) is 6.92 Å². The molecule has 0 radical (unpaired) electrons. The van der Waals surface area contributed by atoms with E-state index in [2.05, 4.69) is 9.84 Å². The fraction of sp³-hybridized carbons (Fsp3) is 0.692. The first kappa shape index (κ1) is 14.7. The first-order valence-corrected chi connectivity index (χ1v) is 5.98. The summed E-state index contributed by atoms with van der Waals surface area (Å²) in [4.78, 5) is 11.5. The van der Waals surface area contributed by atoms with Gasteiger partial charge in [-0.3, -0.25) is 9.48 Å². The minimum Gasteiger partial charge on any atom is -0.469 e. The Kier molecular flexibility index (Phi) is 4.16. The lowest BCUT2D eigenvalue weighted by molar-refractivity contribution is -0.148. The van der Waals surface area contributed by atoms with Crippen molar-refractivity contribution >= 4 is 5.97 Å². The molecule has 1 heterocycles. The molecular weight excluding hydrogens is 232 g/mol. The molecule has 0 bridgehead atoms. The van der Waals surface area contributed by atoms with Gasteiger partial charge in [0, 0.05) is 24.2 Å². The Morgan fingerprint density at radius 2 is 2.06 bits per heavy atom. The van der Waals surface area contributed by atoms with Crippen LogP contribution in [0.5, 0.6) is 0 Å². The van der Waals surface area contributed by atoms with E-state index in [0.29, 0.717) is 5.56 Å². The number of esters is 1. The molecule has 0 fully saturated rings. The smallest absolute Gasteiger partial charge is 0.311 e. The highest BCUT2D eigenvalue weighted by atomic mass is 16.5. The average Bonchev–Trinajstić information content (AvgIpc) is 2.68. The summed E-state index contributed by atoms with van der Waals surface area (Å²) in [5, 5.41) is 14.7. The van der Waals surface area contributed by atoms with Gasteiger partial charge in [0.15, 0.2) is 0 Å². The van der Waals surface area contributed by atoms with Gasteiger partial charge in [0.2, 0.25) is 0 Å². The van der Waals surface area contributed by atoms with E-state index >= 15 is 0 Å². The maximum absolute atomic E-state index is 11.5. The van der Waals surface area contributed by atoms with Crippen molar-refractivity contribution < 1.29 is 14.6 Å². The first-order valence-electron chi connectivity index (χ1n) is 5.98. The van der Waals surface area contributed by atoms with Crippen LogP contribution >= 0.6 is 0 Å². The van der Waals surface area contributed by atoms with Crippen molar-refractivity contribution in [3.05, 3.63) is 17.5 Å². The van der Waals surface area contributed by atoms with Crippen molar-refractivity contribution in [1.82, 2.24) is 9.78 Å². The van der Waals surface area contributed by atoms with Crippen LogP contribution in [-0.4, -0.2) is 28.0 Å². The Hall–Kier alpha value is -1.36. The van der Waals surface area contributed by atoms with Gasteiger partial charge in [-0.2, -0.15) is 5.10 Å². The molecular formula is C13H22N2O3. The summed E-state index contributed by atoms with van der Waals surface area (Å²) in [6.45, 7) is 7.72. The quantitative estimate of drug-likeness (QED) is 0.831. The Morgan fingerprint density at radius 3 is 2.50 bits per heavy atom. The maximum atomic E-state index is 11.5. The highest BCUT2D eigenvalue weighted by molar-refractivity contribution is 5.72. The molecule has 0 saturated heterocycles. The molecule has 102 valence electrons. The van der Waals surface area contributed by atoms with Gasteiger partial charge in [-0.25, -0.2) is 0 Å². The van der Waals surface area contributed by atoms with Gasteiger partial charge in [0.1, 0.15) is 0 Å². The van der Waals surface area contributed by atoms with Crippen LogP contribution in [0, 0.1) is 5.92 Å². The van der Waals surface area contributed by atoms with Crippen molar-refractivity contribution in [1.29, 1.82) is 0 Å². The normalized spacial score (nSPS) is 15.3. The molecule has 5 nitrogen and oxygen atoms in total. The topological polar surface area (TPSA) is 64.3 Å². The number of carbonyl (C=O) groups excluding carboxylic acids is 1. The SMILES string of the molecule is COC(=O)C(C)C(O)c1cn(C)nc1C(C)(C)C. The van der Waals surface area contributed by atoms with Crippen molar-refractivity contribution in [2.24, 2.45) is 13.0 Å². The molecule has 1 aromatic rings. The molecule has 1 aromatic heterocycles. The molecule has 18 heavy (non-hydrogen) atoms. The van der Waals surface area contributed by atoms with Gasteiger partial charge in [0.05, 0.1) is 24.8 Å². The number of aromatic nitrogens is 2. The summed E-state index contributed by atoms with van der Waals surface area (Å²) < 4.78 is 6.32. The van der Waals surface area contributed by atoms with Crippen LogP contribution in [0.3, 0.4) is 0 Å². The zero-order valence-electron chi connectivity index (χ0n) is 11.9. The largest absolute Gasteiger partial charge is 0.469 e. The fourth-order valence-corrected chi connectivity index (χ4v) is 1.89. The highest BCUT2D eigenvalue weighted by Gasteiger charge is 2.31. The predicted molar refractivity (Wildman–Crippen MR) is 68.0 cm³/mol. The van der Waals surface area contributed by atoms with Gasteiger partial charge in [0.25, 0.3) is 0 Å². The fourth-order valence-electron chi connectivity index (χ4n) is 1.89. The Balaban J connectivity index is 3.13. The minimum atomic E-state index is -0.902. The first-order chi connectivity index (χ1) is 8.18. The number of carbonyl (C=O) groups is 1. The molecule has 1 N–H and O–H groups in total. The van der Waals surface area contributed by atoms with E-state index in [1.54, 1.807) is 24.9 Å². The van der Waals surface area contributed by atoms with Crippen LogP contribution in [0.4, 0.5) is 0 Å². The lowest BCUT2D eigenvalue weighted by Gasteiger charge is -2.22. The van der Waals surface area contributed by atoms with E-state index in [9.17, 15) is 9.90 Å². The standard InChI is InChI=1S/C13H22N2O3/c1-8(12(17)18-6)10(16)9-7-15(5)14-11(9)13(2,3)4/h7-8,10,16H,1-6H3. The lowest BCUT2D eigenvalue weighted by Crippen LogP contribution is -2.23. The van der Waals surface area contributed by atoms with E-state index < -0.39 is 18.0 Å². The Labute approximate surface area is 108 Å². The molecule has 0 saturated carbocycles. The van der Waals surface area contributed by atoms with Crippen molar-refractivity contribution in [2.75, 3.05) is 7.11 Å². The second-order valence-corrected chi connectivity index (χ2v) is 5.61. The van der Waals surface area contributed by atoms with Crippen molar-refractivity contribution in [3.8, 4) is 0 Å². The van der Waals surface area contributed by atoms with Crippen LogP contribution in [-0.2, 0) is 22.0 Å². The van der Waals surface area contributed by atoms with Gasteiger partial charge in [-0.1, -0.05) is 20.8 Å². The van der Waals surface area contributed by atoms with E-state index in [4.69, 9.17) is 0 Å². The predicted octanol–water partition coefficient (Wildman–Crippen LogP) is 1.56. The summed E-state index contributed by atoms with van der Waals surface area (Å²) in [6, 6.07) is 0. The third-order valence-electron chi connectivity index (χ3n) is 2.93. The van der Waals surface area contributed by atoms with Gasteiger partial charge in [-0.15, -0.1) is 0 Å². The zero-order chi connectivity index (χ0) is 14.1. The molecule has 2 atom stereocenters. The summed E-state index contributed by atoms with van der Waals surface area (Å²) in [5.41, 5.74) is 1.30. The second-order valence-electron chi connectivity index (χ2n) is 5.61. The van der Waals surface area contributed by atoms with Crippen LogP contribution in [0.2, 0.25) is 0 Å². The number of aliphatic hydroxyl groups excluding tert-OH is 1. The van der Waals surface area contributed by atoms with E-state index in [1.807, 2.05) is 20.8 Å². The Bertz CT molecular complexity index is 432. The number of nitrogens with zero attached hydrogens (tertiary/aromatic N) is 2. The van der Waals surface area contributed by atoms with E-state index in [-0.39, 0.29) is 5.41 Å². The molecule has 5 heteroatoms. The third kappa shape index (κ3) is 2.90. The monoisotopic (exact) mass is 254 g/mol. The van der Waals surface area contributed by atoms with Crippen LogP contribution in [0.15, 0.2) is 6.20 Å². The maximum Gasteiger partial charge on any atom is 0.311 e. The number of aliphatic hydroxyl groups is 1. The van der Waals surface area contributed by atoms with Crippen molar-refractivity contribution in [2.45, 2.75) is 39.2 Å².